The molecule has 0 fully saturated rings. The zero-order chi connectivity index (χ0) is 14.3. The number of hydrogen-bond donors (Lipinski definition) is 0. The van der Waals surface area contributed by atoms with Gasteiger partial charge < -0.3 is 0 Å². The van der Waals surface area contributed by atoms with Gasteiger partial charge in [0.05, 0.1) is 0 Å². The molecule has 21 heavy (non-hydrogen) atoms. The fourth-order valence-corrected chi connectivity index (χ4v) is 4.15. The molecule has 2 aromatic rings. The van der Waals surface area contributed by atoms with Crippen LogP contribution < -0.4 is 0 Å². The van der Waals surface area contributed by atoms with Crippen molar-refractivity contribution in [3.63, 3.8) is 0 Å². The van der Waals surface area contributed by atoms with Crippen molar-refractivity contribution in [3.8, 4) is 0 Å². The van der Waals surface area contributed by atoms with Gasteiger partial charge in [0.25, 0.3) is 0 Å². The highest BCUT2D eigenvalue weighted by atomic mass is 32.2. The number of fused-ring (bicyclic) bond motifs is 1. The number of unbranched alkanes of at least 4 members (excludes halogenated alkanes) is 1. The van der Waals surface area contributed by atoms with E-state index in [1.54, 1.807) is 16.7 Å². The lowest BCUT2D eigenvalue weighted by Crippen LogP contribution is -2.06. The van der Waals surface area contributed by atoms with Gasteiger partial charge in [-0.3, -0.25) is 0 Å². The molecule has 0 aromatic heterocycles. The Labute approximate surface area is 133 Å². The number of thioether (sulfide) groups is 1. The second-order valence-corrected chi connectivity index (χ2v) is 7.05. The van der Waals surface area contributed by atoms with Gasteiger partial charge in [-0.15, -0.1) is 11.8 Å². The Kier molecular flexibility index (Phi) is 5.40. The summed E-state index contributed by atoms with van der Waals surface area (Å²) in [5.41, 5.74) is 4.92. The van der Waals surface area contributed by atoms with Crippen molar-refractivity contribution in [1.82, 2.24) is 0 Å². The largest absolute Gasteiger partial charge is 0.126 e. The van der Waals surface area contributed by atoms with Crippen LogP contribution in [0.1, 0.15) is 42.4 Å². The maximum Gasteiger partial charge on any atom is 0.00719 e. The molecule has 3 rings (SSSR count). The van der Waals surface area contributed by atoms with Gasteiger partial charge in [-0.1, -0.05) is 36.4 Å². The lowest BCUT2D eigenvalue weighted by molar-refractivity contribution is 0.672. The normalized spacial score (nSPS) is 13.9. The molecular weight excluding hydrogens is 272 g/mol. The van der Waals surface area contributed by atoms with E-state index in [0.717, 1.165) is 0 Å². The van der Waals surface area contributed by atoms with Crippen LogP contribution in [0.2, 0.25) is 0 Å². The summed E-state index contributed by atoms with van der Waals surface area (Å²) in [6, 6.07) is 17.7. The summed E-state index contributed by atoms with van der Waals surface area (Å²) < 4.78 is 0. The average molecular weight is 296 g/mol. The summed E-state index contributed by atoms with van der Waals surface area (Å²) in [6.45, 7) is 0. The molecule has 110 valence electrons. The van der Waals surface area contributed by atoms with Gasteiger partial charge >= 0.3 is 0 Å². The van der Waals surface area contributed by atoms with E-state index in [-0.39, 0.29) is 0 Å². The Morgan fingerprint density at radius 2 is 1.67 bits per heavy atom. The molecule has 0 saturated heterocycles. The molecule has 0 aliphatic heterocycles. The lowest BCUT2D eigenvalue weighted by Gasteiger charge is -2.19. The molecule has 1 aliphatic rings. The minimum atomic E-state index is 1.24. The molecule has 2 aromatic carbocycles. The van der Waals surface area contributed by atoms with Crippen molar-refractivity contribution >= 4 is 11.8 Å². The van der Waals surface area contributed by atoms with Crippen LogP contribution in [0.5, 0.6) is 0 Å². The predicted octanol–water partition coefficient (Wildman–Crippen LogP) is 5.68. The van der Waals surface area contributed by atoms with E-state index in [9.17, 15) is 0 Å². The van der Waals surface area contributed by atoms with Crippen LogP contribution in [0.4, 0.5) is 0 Å². The van der Waals surface area contributed by atoms with Crippen molar-refractivity contribution in [2.45, 2.75) is 49.8 Å². The Hall–Kier alpha value is -1.21. The summed E-state index contributed by atoms with van der Waals surface area (Å²) in [6.07, 6.45) is 9.26. The highest BCUT2D eigenvalue weighted by Crippen LogP contribution is 2.26. The number of aryl methyl sites for hydroxylation is 2. The van der Waals surface area contributed by atoms with Crippen molar-refractivity contribution in [2.24, 2.45) is 0 Å². The van der Waals surface area contributed by atoms with Gasteiger partial charge in [-0.2, -0.15) is 0 Å². The van der Waals surface area contributed by atoms with E-state index >= 15 is 0 Å². The van der Waals surface area contributed by atoms with Crippen molar-refractivity contribution in [3.05, 3.63) is 65.2 Å². The Bertz CT molecular complexity index is 559. The van der Waals surface area contributed by atoms with Crippen LogP contribution in [0, 0.1) is 0 Å². The van der Waals surface area contributed by atoms with Crippen molar-refractivity contribution in [1.29, 1.82) is 0 Å². The second-order valence-electron chi connectivity index (χ2n) is 5.88. The molecule has 0 saturated carbocycles. The third kappa shape index (κ3) is 4.14. The second kappa shape index (κ2) is 7.70. The molecule has 0 radical (unpaired) electrons. The van der Waals surface area contributed by atoms with E-state index in [0.29, 0.717) is 0 Å². The molecule has 0 N–H and O–H groups in total. The maximum absolute atomic E-state index is 2.36. The molecule has 1 aliphatic carbocycles. The molecule has 0 heterocycles. The first-order chi connectivity index (χ1) is 10.4. The molecule has 0 amide bonds. The molecule has 0 nitrogen and oxygen atoms in total. The van der Waals surface area contributed by atoms with Gasteiger partial charge in [-0.25, -0.2) is 0 Å². The van der Waals surface area contributed by atoms with Gasteiger partial charge in [-0.05, 0) is 79.5 Å². The lowest BCUT2D eigenvalue weighted by atomic mass is 9.87. The Balaban J connectivity index is 1.45. The van der Waals surface area contributed by atoms with E-state index in [1.165, 1.54) is 55.6 Å². The van der Waals surface area contributed by atoms with Crippen LogP contribution in [0.3, 0.4) is 0 Å². The van der Waals surface area contributed by atoms with Gasteiger partial charge in [0.1, 0.15) is 0 Å². The Morgan fingerprint density at radius 1 is 0.810 bits per heavy atom. The molecule has 1 heteroatoms. The first kappa shape index (κ1) is 14.7. The molecule has 0 unspecified atom stereocenters. The molecular formula is C20H24S. The first-order valence-corrected chi connectivity index (χ1v) is 9.19. The fourth-order valence-electron chi connectivity index (χ4n) is 3.22. The highest BCUT2D eigenvalue weighted by molar-refractivity contribution is 7.99. The van der Waals surface area contributed by atoms with E-state index in [2.05, 4.69) is 48.5 Å². The summed E-state index contributed by atoms with van der Waals surface area (Å²) >= 11 is 1.98. The van der Waals surface area contributed by atoms with Crippen LogP contribution in [-0.2, 0) is 19.3 Å². The smallest absolute Gasteiger partial charge is 0.00719 e. The zero-order valence-corrected chi connectivity index (χ0v) is 13.5. The summed E-state index contributed by atoms with van der Waals surface area (Å²) in [4.78, 5) is 1.40. The quantitative estimate of drug-likeness (QED) is 0.488. The van der Waals surface area contributed by atoms with E-state index in [4.69, 9.17) is 0 Å². The van der Waals surface area contributed by atoms with E-state index < -0.39 is 0 Å². The number of rotatable bonds is 6. The number of hydrogen-bond acceptors (Lipinski definition) is 1. The fraction of sp³-hybridized carbons (Fsp3) is 0.400. The highest BCUT2D eigenvalue weighted by Gasteiger charge is 2.12. The van der Waals surface area contributed by atoms with Crippen LogP contribution in [-0.4, -0.2) is 5.75 Å². The minimum absolute atomic E-state index is 1.24. The third-order valence-electron chi connectivity index (χ3n) is 4.35. The van der Waals surface area contributed by atoms with Gasteiger partial charge in [0.15, 0.2) is 0 Å². The van der Waals surface area contributed by atoms with Crippen LogP contribution in [0.15, 0.2) is 53.4 Å². The first-order valence-electron chi connectivity index (χ1n) is 8.21. The summed E-state index contributed by atoms with van der Waals surface area (Å²) in [7, 11) is 0. The molecule has 0 atom stereocenters. The van der Waals surface area contributed by atoms with Crippen LogP contribution in [0.25, 0.3) is 0 Å². The number of benzene rings is 2. The standard InChI is InChI=1S/C20H24S/c1-2-13-19(14-3-1)21-16-7-6-10-18-12-8-11-17-9-4-5-15-20(17)18/h1-3,8,11-14H,4-7,9-10,15-16H2. The average Bonchev–Trinajstić information content (AvgIpc) is 2.56. The molecule has 0 spiro atoms. The summed E-state index contributed by atoms with van der Waals surface area (Å²) in [5.74, 6) is 1.24. The maximum atomic E-state index is 2.36. The van der Waals surface area contributed by atoms with Gasteiger partial charge in [0.2, 0.25) is 0 Å². The SMILES string of the molecule is c1ccc(SCCCCc2cccc3c2CCCC3)cc1. The van der Waals surface area contributed by atoms with Crippen LogP contribution >= 0.6 is 11.8 Å². The predicted molar refractivity (Wildman–Crippen MR) is 93.2 cm³/mol. The van der Waals surface area contributed by atoms with Crippen molar-refractivity contribution < 1.29 is 0 Å². The van der Waals surface area contributed by atoms with Gasteiger partial charge in [0, 0.05) is 4.90 Å². The monoisotopic (exact) mass is 296 g/mol. The van der Waals surface area contributed by atoms with E-state index in [1.807, 2.05) is 11.8 Å². The minimum Gasteiger partial charge on any atom is -0.126 e. The topological polar surface area (TPSA) is 0 Å². The summed E-state index contributed by atoms with van der Waals surface area (Å²) in [5, 5.41) is 0. The van der Waals surface area contributed by atoms with Crippen molar-refractivity contribution in [2.75, 3.05) is 5.75 Å². The third-order valence-corrected chi connectivity index (χ3v) is 5.44. The molecule has 0 bridgehead atoms. The zero-order valence-electron chi connectivity index (χ0n) is 12.7. The Morgan fingerprint density at radius 3 is 2.57 bits per heavy atom.